The first kappa shape index (κ1) is 48.0. The van der Waals surface area contributed by atoms with Gasteiger partial charge in [0.1, 0.15) is 12.2 Å². The Morgan fingerprint density at radius 2 is 0.816 bits per heavy atom. The SMILES string of the molecule is CCCCCCCCCCC/C=C\CCCCCCCCC(O)C(=O)NC(CO)C(O)C(O)CCCCCCCCCCCCCCCC. The van der Waals surface area contributed by atoms with Crippen molar-refractivity contribution >= 4 is 5.91 Å². The first-order valence-electron chi connectivity index (χ1n) is 21.6. The maximum absolute atomic E-state index is 12.5. The van der Waals surface area contributed by atoms with E-state index in [4.69, 9.17) is 0 Å². The molecule has 0 aliphatic heterocycles. The fourth-order valence-corrected chi connectivity index (χ4v) is 6.75. The van der Waals surface area contributed by atoms with Crippen LogP contribution in [-0.4, -0.2) is 57.3 Å². The monoisotopic (exact) mass is 696 g/mol. The number of aliphatic hydroxyl groups excluding tert-OH is 4. The van der Waals surface area contributed by atoms with E-state index in [1.54, 1.807) is 0 Å². The summed E-state index contributed by atoms with van der Waals surface area (Å²) in [6, 6.07) is -0.983. The number of amides is 1. The highest BCUT2D eigenvalue weighted by Crippen LogP contribution is 2.16. The molecular formula is C43H85NO5. The highest BCUT2D eigenvalue weighted by Gasteiger charge is 2.28. The van der Waals surface area contributed by atoms with Gasteiger partial charge in [0.2, 0.25) is 5.91 Å². The van der Waals surface area contributed by atoms with Gasteiger partial charge in [0.25, 0.3) is 0 Å². The van der Waals surface area contributed by atoms with E-state index in [0.717, 1.165) is 44.9 Å². The summed E-state index contributed by atoms with van der Waals surface area (Å²) < 4.78 is 0. The molecule has 6 heteroatoms. The van der Waals surface area contributed by atoms with Crippen LogP contribution in [0.2, 0.25) is 0 Å². The molecule has 0 heterocycles. The summed E-state index contributed by atoms with van der Waals surface area (Å²) >= 11 is 0. The minimum absolute atomic E-state index is 0.364. The normalized spacial score (nSPS) is 14.3. The number of rotatable bonds is 39. The van der Waals surface area contributed by atoms with Crippen LogP contribution in [0, 0.1) is 0 Å². The number of unbranched alkanes of at least 4 members (excludes halogenated alkanes) is 28. The van der Waals surface area contributed by atoms with Crippen LogP contribution < -0.4 is 5.32 Å². The van der Waals surface area contributed by atoms with E-state index in [0.29, 0.717) is 12.8 Å². The van der Waals surface area contributed by atoms with Gasteiger partial charge >= 0.3 is 0 Å². The zero-order valence-electron chi connectivity index (χ0n) is 32.7. The zero-order chi connectivity index (χ0) is 36.0. The molecule has 0 aliphatic rings. The fraction of sp³-hybridized carbons (Fsp3) is 0.930. The van der Waals surface area contributed by atoms with E-state index in [9.17, 15) is 25.2 Å². The minimum atomic E-state index is -1.26. The summed E-state index contributed by atoms with van der Waals surface area (Å²) in [7, 11) is 0. The first-order chi connectivity index (χ1) is 24.0. The molecule has 0 spiro atoms. The van der Waals surface area contributed by atoms with Gasteiger partial charge in [-0.2, -0.15) is 0 Å². The van der Waals surface area contributed by atoms with E-state index in [1.807, 2.05) is 0 Å². The van der Waals surface area contributed by atoms with Crippen LogP contribution in [0.15, 0.2) is 12.2 Å². The van der Waals surface area contributed by atoms with Crippen LogP contribution in [0.4, 0.5) is 0 Å². The molecule has 0 fully saturated rings. The lowest BCUT2D eigenvalue weighted by Gasteiger charge is -2.27. The van der Waals surface area contributed by atoms with Gasteiger partial charge in [-0.25, -0.2) is 0 Å². The molecule has 0 rings (SSSR count). The van der Waals surface area contributed by atoms with Crippen molar-refractivity contribution in [2.24, 2.45) is 0 Å². The van der Waals surface area contributed by atoms with Gasteiger partial charge in [-0.3, -0.25) is 4.79 Å². The Hall–Kier alpha value is -0.950. The van der Waals surface area contributed by atoms with Gasteiger partial charge in [0, 0.05) is 0 Å². The maximum Gasteiger partial charge on any atom is 0.249 e. The molecule has 4 atom stereocenters. The number of allylic oxidation sites excluding steroid dienone is 2. The summed E-state index contributed by atoms with van der Waals surface area (Å²) in [5.74, 6) is -0.587. The zero-order valence-corrected chi connectivity index (χ0v) is 32.7. The Morgan fingerprint density at radius 3 is 1.18 bits per heavy atom. The molecule has 0 bridgehead atoms. The molecule has 1 amide bonds. The molecule has 0 aromatic rings. The van der Waals surface area contributed by atoms with Gasteiger partial charge in [0.15, 0.2) is 0 Å². The second-order valence-corrected chi connectivity index (χ2v) is 15.0. The van der Waals surface area contributed by atoms with Crippen molar-refractivity contribution in [1.82, 2.24) is 5.32 Å². The molecule has 0 aromatic carbocycles. The number of aliphatic hydroxyl groups is 4. The Morgan fingerprint density at radius 1 is 0.490 bits per heavy atom. The first-order valence-corrected chi connectivity index (χ1v) is 21.6. The summed E-state index contributed by atoms with van der Waals surface area (Å²) in [6.07, 6.45) is 40.9. The van der Waals surface area contributed by atoms with Crippen molar-refractivity contribution in [3.8, 4) is 0 Å². The van der Waals surface area contributed by atoms with Gasteiger partial charge in [-0.1, -0.05) is 199 Å². The van der Waals surface area contributed by atoms with E-state index >= 15 is 0 Å². The van der Waals surface area contributed by atoms with Crippen molar-refractivity contribution in [3.05, 3.63) is 12.2 Å². The average Bonchev–Trinajstić information content (AvgIpc) is 3.11. The van der Waals surface area contributed by atoms with E-state index in [1.165, 1.54) is 154 Å². The highest BCUT2D eigenvalue weighted by atomic mass is 16.3. The number of carbonyl (C=O) groups is 1. The molecule has 0 aromatic heterocycles. The summed E-state index contributed by atoms with van der Waals surface area (Å²) in [5, 5.41) is 43.6. The lowest BCUT2D eigenvalue weighted by molar-refractivity contribution is -0.132. The summed E-state index contributed by atoms with van der Waals surface area (Å²) in [4.78, 5) is 12.5. The molecule has 0 aliphatic carbocycles. The minimum Gasteiger partial charge on any atom is -0.394 e. The third kappa shape index (κ3) is 32.7. The van der Waals surface area contributed by atoms with Gasteiger partial charge in [-0.15, -0.1) is 0 Å². The molecule has 5 N–H and O–H groups in total. The van der Waals surface area contributed by atoms with Crippen LogP contribution in [0.25, 0.3) is 0 Å². The maximum atomic E-state index is 12.5. The van der Waals surface area contributed by atoms with Gasteiger partial charge in [0.05, 0.1) is 18.8 Å². The number of hydrogen-bond donors (Lipinski definition) is 5. The van der Waals surface area contributed by atoms with Crippen molar-refractivity contribution < 1.29 is 25.2 Å². The van der Waals surface area contributed by atoms with Crippen molar-refractivity contribution in [2.45, 2.75) is 250 Å². The standard InChI is InChI=1S/C43H85NO5/c1-3-5-7-9-11-13-15-17-19-20-21-22-23-25-27-29-31-33-35-37-41(47)43(49)44-39(38-45)42(48)40(46)36-34-32-30-28-26-24-18-16-14-12-10-8-6-4-2/h21-22,39-42,45-48H,3-20,23-38H2,1-2H3,(H,44,49)/b22-21-. The lowest BCUT2D eigenvalue weighted by atomic mass is 9.99. The van der Waals surface area contributed by atoms with Crippen molar-refractivity contribution in [3.63, 3.8) is 0 Å². The van der Waals surface area contributed by atoms with Crippen LogP contribution in [0.3, 0.4) is 0 Å². The highest BCUT2D eigenvalue weighted by molar-refractivity contribution is 5.80. The largest absolute Gasteiger partial charge is 0.394 e. The lowest BCUT2D eigenvalue weighted by Crippen LogP contribution is -2.53. The van der Waals surface area contributed by atoms with Crippen LogP contribution in [0.5, 0.6) is 0 Å². The number of nitrogens with one attached hydrogen (secondary N) is 1. The third-order valence-electron chi connectivity index (χ3n) is 10.2. The fourth-order valence-electron chi connectivity index (χ4n) is 6.75. The van der Waals surface area contributed by atoms with Gasteiger partial charge < -0.3 is 25.7 Å². The smallest absolute Gasteiger partial charge is 0.249 e. The molecule has 0 saturated carbocycles. The molecule has 6 nitrogen and oxygen atoms in total. The summed E-state index contributed by atoms with van der Waals surface area (Å²) in [5.41, 5.74) is 0. The van der Waals surface area contributed by atoms with E-state index in [-0.39, 0.29) is 0 Å². The molecule has 292 valence electrons. The van der Waals surface area contributed by atoms with E-state index in [2.05, 4.69) is 31.3 Å². The molecule has 49 heavy (non-hydrogen) atoms. The Balaban J connectivity index is 3.74. The number of carbonyl (C=O) groups excluding carboxylic acids is 1. The van der Waals surface area contributed by atoms with Crippen LogP contribution >= 0.6 is 0 Å². The Bertz CT molecular complexity index is 702. The van der Waals surface area contributed by atoms with Crippen LogP contribution in [-0.2, 0) is 4.79 Å². The topological polar surface area (TPSA) is 110 Å². The number of hydrogen-bond acceptors (Lipinski definition) is 5. The summed E-state index contributed by atoms with van der Waals surface area (Å²) in [6.45, 7) is 4.05. The third-order valence-corrected chi connectivity index (χ3v) is 10.2. The predicted molar refractivity (Wildman–Crippen MR) is 210 cm³/mol. The Kier molecular flexibility index (Phi) is 37.5. The van der Waals surface area contributed by atoms with Gasteiger partial charge in [-0.05, 0) is 38.5 Å². The van der Waals surface area contributed by atoms with E-state index < -0.39 is 36.9 Å². The Labute approximate surface area is 304 Å². The quantitative estimate of drug-likeness (QED) is 0.0325. The average molecular weight is 696 g/mol. The second-order valence-electron chi connectivity index (χ2n) is 15.0. The molecule has 4 unspecified atom stereocenters. The molecular weight excluding hydrogens is 610 g/mol. The molecule has 0 saturated heterocycles. The van der Waals surface area contributed by atoms with Crippen molar-refractivity contribution in [1.29, 1.82) is 0 Å². The second kappa shape index (κ2) is 38.3. The van der Waals surface area contributed by atoms with Crippen molar-refractivity contribution in [2.75, 3.05) is 6.61 Å². The molecule has 0 radical (unpaired) electrons. The predicted octanol–water partition coefficient (Wildman–Crippen LogP) is 11.0. The van der Waals surface area contributed by atoms with Crippen LogP contribution in [0.1, 0.15) is 226 Å².